The van der Waals surface area contributed by atoms with E-state index in [0.717, 1.165) is 38.8 Å². The molecule has 3 heteroatoms. The molecule has 1 saturated heterocycles. The van der Waals surface area contributed by atoms with Crippen LogP contribution in [-0.4, -0.2) is 29.9 Å². The molecule has 1 amide bonds. The molecule has 1 rings (SSSR count). The molecule has 70 valence electrons. The predicted molar refractivity (Wildman–Crippen MR) is 48.7 cm³/mol. The summed E-state index contributed by atoms with van der Waals surface area (Å²) in [7, 11) is 0. The summed E-state index contributed by atoms with van der Waals surface area (Å²) in [5.41, 5.74) is 5.83. The van der Waals surface area contributed by atoms with Crippen LogP contribution in [0.1, 0.15) is 32.6 Å². The van der Waals surface area contributed by atoms with Gasteiger partial charge in [0.05, 0.1) is 0 Å². The Bertz CT molecular complexity index is 159. The van der Waals surface area contributed by atoms with Crippen molar-refractivity contribution in [3.8, 4) is 0 Å². The Morgan fingerprint density at radius 1 is 1.67 bits per heavy atom. The number of hydrogen-bond donors (Lipinski definition) is 1. The lowest BCUT2D eigenvalue weighted by atomic mass is 10.2. The highest BCUT2D eigenvalue weighted by Gasteiger charge is 2.21. The van der Waals surface area contributed by atoms with Crippen molar-refractivity contribution in [2.75, 3.05) is 13.1 Å². The van der Waals surface area contributed by atoms with Crippen LogP contribution in [0.3, 0.4) is 0 Å². The average molecular weight is 170 g/mol. The van der Waals surface area contributed by atoms with Gasteiger partial charge in [0.15, 0.2) is 0 Å². The third-order valence-electron chi connectivity index (χ3n) is 2.29. The topological polar surface area (TPSA) is 46.3 Å². The Labute approximate surface area is 73.9 Å². The van der Waals surface area contributed by atoms with Crippen LogP contribution in [-0.2, 0) is 4.79 Å². The zero-order valence-corrected chi connectivity index (χ0v) is 7.75. The summed E-state index contributed by atoms with van der Waals surface area (Å²) in [5.74, 6) is 0.279. The molecule has 1 aliphatic rings. The number of amides is 1. The first-order chi connectivity index (χ1) is 5.74. The summed E-state index contributed by atoms with van der Waals surface area (Å²) in [6.07, 6.45) is 3.85. The maximum absolute atomic E-state index is 11.2. The molecule has 1 fully saturated rings. The van der Waals surface area contributed by atoms with E-state index in [0.29, 0.717) is 0 Å². The summed E-state index contributed by atoms with van der Waals surface area (Å²) in [4.78, 5) is 13.1. The number of nitrogens with zero attached hydrogens (tertiary/aromatic N) is 1. The SMILES string of the molecule is CCCC(N)CN1CCCC1=O. The first-order valence-corrected chi connectivity index (χ1v) is 4.77. The summed E-state index contributed by atoms with van der Waals surface area (Å²) >= 11 is 0. The smallest absolute Gasteiger partial charge is 0.222 e. The molecule has 0 aromatic heterocycles. The highest BCUT2D eigenvalue weighted by atomic mass is 16.2. The fraction of sp³-hybridized carbons (Fsp3) is 0.889. The van der Waals surface area contributed by atoms with Crippen LogP contribution in [0.2, 0.25) is 0 Å². The van der Waals surface area contributed by atoms with Crippen molar-refractivity contribution in [3.63, 3.8) is 0 Å². The van der Waals surface area contributed by atoms with E-state index in [1.807, 2.05) is 4.90 Å². The van der Waals surface area contributed by atoms with Crippen molar-refractivity contribution < 1.29 is 4.79 Å². The van der Waals surface area contributed by atoms with E-state index < -0.39 is 0 Å². The largest absolute Gasteiger partial charge is 0.341 e. The standard InChI is InChI=1S/C9H18N2O/c1-2-4-8(10)7-11-6-3-5-9(11)12/h8H,2-7,10H2,1H3. The quantitative estimate of drug-likeness (QED) is 0.676. The maximum Gasteiger partial charge on any atom is 0.222 e. The number of nitrogens with two attached hydrogens (primary N) is 1. The lowest BCUT2D eigenvalue weighted by Crippen LogP contribution is -2.37. The van der Waals surface area contributed by atoms with E-state index in [-0.39, 0.29) is 11.9 Å². The summed E-state index contributed by atoms with van der Waals surface area (Å²) in [6, 6.07) is 0.178. The van der Waals surface area contributed by atoms with Gasteiger partial charge >= 0.3 is 0 Å². The molecule has 0 saturated carbocycles. The van der Waals surface area contributed by atoms with Gasteiger partial charge in [-0.1, -0.05) is 13.3 Å². The fourth-order valence-corrected chi connectivity index (χ4v) is 1.64. The second-order valence-corrected chi connectivity index (χ2v) is 3.49. The van der Waals surface area contributed by atoms with Crippen molar-refractivity contribution >= 4 is 5.91 Å². The Kier molecular flexibility index (Phi) is 3.53. The lowest BCUT2D eigenvalue weighted by molar-refractivity contribution is -0.127. The highest BCUT2D eigenvalue weighted by molar-refractivity contribution is 5.78. The van der Waals surface area contributed by atoms with Gasteiger partial charge in [0, 0.05) is 25.6 Å². The van der Waals surface area contributed by atoms with E-state index >= 15 is 0 Å². The maximum atomic E-state index is 11.2. The normalized spacial score (nSPS) is 20.2. The Morgan fingerprint density at radius 2 is 2.42 bits per heavy atom. The molecule has 12 heavy (non-hydrogen) atoms. The van der Waals surface area contributed by atoms with Gasteiger partial charge in [0.25, 0.3) is 0 Å². The first kappa shape index (κ1) is 9.52. The molecular weight excluding hydrogens is 152 g/mol. The van der Waals surface area contributed by atoms with Gasteiger partial charge in [0.2, 0.25) is 5.91 Å². The molecule has 0 bridgehead atoms. The highest BCUT2D eigenvalue weighted by Crippen LogP contribution is 2.10. The van der Waals surface area contributed by atoms with E-state index in [2.05, 4.69) is 6.92 Å². The average Bonchev–Trinajstić information content (AvgIpc) is 2.37. The number of rotatable bonds is 4. The van der Waals surface area contributed by atoms with Gasteiger partial charge in [-0.15, -0.1) is 0 Å². The van der Waals surface area contributed by atoms with Crippen molar-refractivity contribution in [1.82, 2.24) is 4.90 Å². The first-order valence-electron chi connectivity index (χ1n) is 4.77. The molecular formula is C9H18N2O. The lowest BCUT2D eigenvalue weighted by Gasteiger charge is -2.19. The van der Waals surface area contributed by atoms with Gasteiger partial charge in [-0.2, -0.15) is 0 Å². The van der Waals surface area contributed by atoms with Crippen LogP contribution < -0.4 is 5.73 Å². The van der Waals surface area contributed by atoms with Crippen LogP contribution >= 0.6 is 0 Å². The summed E-state index contributed by atoms with van der Waals surface area (Å²) in [6.45, 7) is 3.79. The van der Waals surface area contributed by atoms with E-state index in [9.17, 15) is 4.79 Å². The summed E-state index contributed by atoms with van der Waals surface area (Å²) < 4.78 is 0. The third kappa shape index (κ3) is 2.48. The van der Waals surface area contributed by atoms with Crippen molar-refractivity contribution in [1.29, 1.82) is 0 Å². The van der Waals surface area contributed by atoms with Gasteiger partial charge in [-0.3, -0.25) is 4.79 Å². The van der Waals surface area contributed by atoms with Gasteiger partial charge < -0.3 is 10.6 Å². The predicted octanol–water partition coefficient (Wildman–Crippen LogP) is 0.736. The minimum Gasteiger partial charge on any atom is -0.341 e. The zero-order chi connectivity index (χ0) is 8.97. The van der Waals surface area contributed by atoms with Crippen LogP contribution in [0, 0.1) is 0 Å². The van der Waals surface area contributed by atoms with Crippen molar-refractivity contribution in [3.05, 3.63) is 0 Å². The van der Waals surface area contributed by atoms with Crippen molar-refractivity contribution in [2.45, 2.75) is 38.6 Å². The number of hydrogen-bond acceptors (Lipinski definition) is 2. The number of carbonyl (C=O) groups excluding carboxylic acids is 1. The minimum atomic E-state index is 0.178. The monoisotopic (exact) mass is 170 g/mol. The Hall–Kier alpha value is -0.570. The van der Waals surface area contributed by atoms with Gasteiger partial charge in [-0.05, 0) is 12.8 Å². The molecule has 3 nitrogen and oxygen atoms in total. The molecule has 1 unspecified atom stereocenters. The van der Waals surface area contributed by atoms with Crippen LogP contribution in [0.5, 0.6) is 0 Å². The molecule has 0 aromatic rings. The van der Waals surface area contributed by atoms with Crippen LogP contribution in [0.15, 0.2) is 0 Å². The summed E-state index contributed by atoms with van der Waals surface area (Å²) in [5, 5.41) is 0. The molecule has 2 N–H and O–H groups in total. The second kappa shape index (κ2) is 4.45. The number of carbonyl (C=O) groups is 1. The molecule has 0 radical (unpaired) electrons. The molecule has 1 aliphatic heterocycles. The fourth-order valence-electron chi connectivity index (χ4n) is 1.64. The third-order valence-corrected chi connectivity index (χ3v) is 2.29. The Morgan fingerprint density at radius 3 is 2.92 bits per heavy atom. The van der Waals surface area contributed by atoms with Gasteiger partial charge in [0.1, 0.15) is 0 Å². The minimum absolute atomic E-state index is 0.178. The number of likely N-dealkylation sites (tertiary alicyclic amines) is 1. The van der Waals surface area contributed by atoms with E-state index in [4.69, 9.17) is 5.73 Å². The van der Waals surface area contributed by atoms with E-state index in [1.54, 1.807) is 0 Å². The molecule has 0 aromatic carbocycles. The van der Waals surface area contributed by atoms with Crippen molar-refractivity contribution in [2.24, 2.45) is 5.73 Å². The molecule has 1 heterocycles. The molecule has 1 atom stereocenters. The Balaban J connectivity index is 2.25. The zero-order valence-electron chi connectivity index (χ0n) is 7.75. The van der Waals surface area contributed by atoms with E-state index in [1.165, 1.54) is 0 Å². The molecule has 0 spiro atoms. The van der Waals surface area contributed by atoms with Crippen LogP contribution in [0.4, 0.5) is 0 Å². The van der Waals surface area contributed by atoms with Crippen LogP contribution in [0.25, 0.3) is 0 Å². The van der Waals surface area contributed by atoms with Gasteiger partial charge in [-0.25, -0.2) is 0 Å². The second-order valence-electron chi connectivity index (χ2n) is 3.49. The molecule has 0 aliphatic carbocycles.